The molecular formula is C24H21Cl2F4N3O5. The molecule has 0 spiro atoms. The van der Waals surface area contributed by atoms with E-state index in [4.69, 9.17) is 32.7 Å². The first-order chi connectivity index (χ1) is 17.7. The number of amides is 1. The highest BCUT2D eigenvalue weighted by Crippen LogP contribution is 2.31. The average Bonchev–Trinajstić information content (AvgIpc) is 3.16. The molecule has 1 aromatic heterocycles. The van der Waals surface area contributed by atoms with E-state index in [2.05, 4.69) is 15.0 Å². The van der Waals surface area contributed by atoms with Crippen LogP contribution >= 0.6 is 23.2 Å². The van der Waals surface area contributed by atoms with Crippen molar-refractivity contribution in [3.8, 4) is 11.7 Å². The molecule has 3 rings (SSSR count). The van der Waals surface area contributed by atoms with Crippen molar-refractivity contribution < 1.29 is 41.4 Å². The Hall–Kier alpha value is -3.35. The van der Waals surface area contributed by atoms with Crippen molar-refractivity contribution >= 4 is 40.9 Å². The van der Waals surface area contributed by atoms with Gasteiger partial charge in [0.05, 0.1) is 30.0 Å². The van der Waals surface area contributed by atoms with E-state index >= 15 is 0 Å². The van der Waals surface area contributed by atoms with E-state index in [1.807, 2.05) is 0 Å². The fourth-order valence-electron chi connectivity index (χ4n) is 3.23. The number of nitrogens with zero attached hydrogens (tertiary/aromatic N) is 2. The zero-order valence-corrected chi connectivity index (χ0v) is 21.7. The number of carbonyl (C=O) groups is 2. The molecule has 3 aromatic rings. The number of halogens is 6. The van der Waals surface area contributed by atoms with Crippen LogP contribution in [0.3, 0.4) is 0 Å². The number of rotatable bonds is 9. The fraction of sp³-hybridized carbons (Fsp3) is 0.292. The summed E-state index contributed by atoms with van der Waals surface area (Å²) in [5.74, 6) is -2.74. The number of hydrogen-bond acceptors (Lipinski definition) is 6. The molecular weight excluding hydrogens is 557 g/mol. The molecule has 204 valence electrons. The van der Waals surface area contributed by atoms with Crippen LogP contribution in [0, 0.1) is 5.82 Å². The molecule has 38 heavy (non-hydrogen) atoms. The summed E-state index contributed by atoms with van der Waals surface area (Å²) in [6.07, 6.45) is -4.57. The van der Waals surface area contributed by atoms with Gasteiger partial charge in [0.2, 0.25) is 0 Å². The lowest BCUT2D eigenvalue weighted by atomic mass is 10.1. The fourth-order valence-corrected chi connectivity index (χ4v) is 3.73. The summed E-state index contributed by atoms with van der Waals surface area (Å²) in [4.78, 5) is 30.5. The van der Waals surface area contributed by atoms with Gasteiger partial charge < -0.3 is 19.5 Å². The summed E-state index contributed by atoms with van der Waals surface area (Å²) in [7, 11) is 1.24. The second-order valence-electron chi connectivity index (χ2n) is 8.44. The van der Waals surface area contributed by atoms with Crippen molar-refractivity contribution in [3.05, 3.63) is 69.6 Å². The molecule has 8 nitrogen and oxygen atoms in total. The first-order valence-electron chi connectivity index (χ1n) is 10.8. The molecule has 0 aliphatic carbocycles. The zero-order chi connectivity index (χ0) is 28.3. The van der Waals surface area contributed by atoms with Crippen LogP contribution in [0.5, 0.6) is 6.01 Å². The van der Waals surface area contributed by atoms with Gasteiger partial charge in [-0.3, -0.25) is 9.36 Å². The number of nitrogens with one attached hydrogen (secondary N) is 1. The lowest BCUT2D eigenvalue weighted by molar-refractivity contribution is -0.184. The van der Waals surface area contributed by atoms with Gasteiger partial charge in [0.25, 0.3) is 5.91 Å². The van der Waals surface area contributed by atoms with Gasteiger partial charge in [0.1, 0.15) is 18.0 Å². The predicted octanol–water partition coefficient (Wildman–Crippen LogP) is 6.09. The van der Waals surface area contributed by atoms with Crippen molar-refractivity contribution in [2.24, 2.45) is 0 Å². The van der Waals surface area contributed by atoms with Crippen LogP contribution in [0.2, 0.25) is 10.0 Å². The number of alkyl halides is 3. The van der Waals surface area contributed by atoms with Crippen LogP contribution in [0.4, 0.5) is 23.4 Å². The molecule has 0 aliphatic rings. The van der Waals surface area contributed by atoms with Crippen molar-refractivity contribution in [2.75, 3.05) is 25.6 Å². The topological polar surface area (TPSA) is 91.7 Å². The van der Waals surface area contributed by atoms with Crippen LogP contribution in [0.1, 0.15) is 34.7 Å². The Morgan fingerprint density at radius 3 is 2.29 bits per heavy atom. The van der Waals surface area contributed by atoms with Crippen LogP contribution < -0.4 is 10.1 Å². The molecule has 1 N–H and O–H groups in total. The predicted molar refractivity (Wildman–Crippen MR) is 131 cm³/mol. The molecule has 14 heteroatoms. The van der Waals surface area contributed by atoms with E-state index in [0.29, 0.717) is 0 Å². The van der Waals surface area contributed by atoms with Gasteiger partial charge in [0, 0.05) is 5.02 Å². The van der Waals surface area contributed by atoms with E-state index in [1.54, 1.807) is 0 Å². The molecule has 1 amide bonds. The van der Waals surface area contributed by atoms with Crippen molar-refractivity contribution in [1.82, 2.24) is 9.55 Å². The first kappa shape index (κ1) is 29.2. The lowest BCUT2D eigenvalue weighted by Crippen LogP contribution is -2.36. The maximum Gasteiger partial charge on any atom is 0.411 e. The number of aromatic nitrogens is 2. The SMILES string of the molecule is COc1nc(NC(=O)c2ccc(Cl)cc2Cl)c(C(=O)OC(C)(C)COCC(F)(F)F)n1-c1ccc(F)cc1. The Morgan fingerprint density at radius 1 is 1.05 bits per heavy atom. The third-order valence-electron chi connectivity index (χ3n) is 4.80. The number of imidazole rings is 1. The van der Waals surface area contributed by atoms with Crippen LogP contribution in [-0.2, 0) is 9.47 Å². The molecule has 0 fully saturated rings. The summed E-state index contributed by atoms with van der Waals surface area (Å²) in [5.41, 5.74) is -1.69. The quantitative estimate of drug-likeness (QED) is 0.244. The van der Waals surface area contributed by atoms with Gasteiger partial charge in [-0.05, 0) is 56.3 Å². The summed E-state index contributed by atoms with van der Waals surface area (Å²) in [6, 6.07) is 8.80. The highest BCUT2D eigenvalue weighted by molar-refractivity contribution is 6.37. The maximum atomic E-state index is 13.6. The zero-order valence-electron chi connectivity index (χ0n) is 20.2. The maximum absolute atomic E-state index is 13.6. The molecule has 0 atom stereocenters. The number of methoxy groups -OCH3 is 1. The van der Waals surface area contributed by atoms with Gasteiger partial charge in [-0.25, -0.2) is 9.18 Å². The number of esters is 1. The number of carbonyl (C=O) groups excluding carboxylic acids is 2. The number of anilines is 1. The molecule has 0 bridgehead atoms. The number of benzene rings is 2. The summed E-state index contributed by atoms with van der Waals surface area (Å²) < 4.78 is 67.5. The molecule has 0 unspecified atom stereocenters. The van der Waals surface area contributed by atoms with Crippen LogP contribution in [0.15, 0.2) is 42.5 Å². The van der Waals surface area contributed by atoms with Crippen LogP contribution in [0.25, 0.3) is 5.69 Å². The van der Waals surface area contributed by atoms with E-state index in [-0.39, 0.29) is 38.8 Å². The minimum Gasteiger partial charge on any atom is -0.468 e. The van der Waals surface area contributed by atoms with Gasteiger partial charge in [0.15, 0.2) is 11.5 Å². The van der Waals surface area contributed by atoms with E-state index in [1.165, 1.54) is 51.3 Å². The second kappa shape index (κ2) is 11.6. The monoisotopic (exact) mass is 577 g/mol. The molecule has 2 aromatic carbocycles. The molecule has 0 saturated carbocycles. The Labute approximate surface area is 224 Å². The molecule has 0 aliphatic heterocycles. The summed E-state index contributed by atoms with van der Waals surface area (Å²) >= 11 is 12.0. The van der Waals surface area contributed by atoms with Crippen LogP contribution in [-0.4, -0.2) is 53.5 Å². The molecule has 0 saturated heterocycles. The highest BCUT2D eigenvalue weighted by Gasteiger charge is 2.34. The standard InChI is InChI=1S/C24H21Cl2F4N3O5/c1-23(2,11-37-12-24(28,29)30)38-21(35)18-19(31-20(34)16-9-4-13(25)10-17(16)26)32-22(36-3)33(18)15-7-5-14(27)6-8-15/h4-10H,11-12H2,1-3H3,(H,31,34). The third-order valence-corrected chi connectivity index (χ3v) is 5.35. The van der Waals surface area contributed by atoms with Crippen molar-refractivity contribution in [3.63, 3.8) is 0 Å². The average molecular weight is 578 g/mol. The largest absolute Gasteiger partial charge is 0.468 e. The van der Waals surface area contributed by atoms with Gasteiger partial charge in [-0.2, -0.15) is 18.2 Å². The third kappa shape index (κ3) is 7.36. The smallest absolute Gasteiger partial charge is 0.411 e. The van der Waals surface area contributed by atoms with E-state index < -0.39 is 42.7 Å². The number of hydrogen-bond donors (Lipinski definition) is 1. The number of ether oxygens (including phenoxy) is 3. The molecule has 1 heterocycles. The van der Waals surface area contributed by atoms with Gasteiger partial charge in [-0.1, -0.05) is 23.2 Å². The Bertz CT molecular complexity index is 1330. The second-order valence-corrected chi connectivity index (χ2v) is 9.29. The molecule has 0 radical (unpaired) electrons. The van der Waals surface area contributed by atoms with Gasteiger partial charge in [-0.15, -0.1) is 0 Å². The van der Waals surface area contributed by atoms with Gasteiger partial charge >= 0.3 is 18.2 Å². The van der Waals surface area contributed by atoms with Crippen molar-refractivity contribution in [2.45, 2.75) is 25.6 Å². The lowest BCUT2D eigenvalue weighted by Gasteiger charge is -2.25. The van der Waals surface area contributed by atoms with E-state index in [9.17, 15) is 27.2 Å². The highest BCUT2D eigenvalue weighted by atomic mass is 35.5. The summed E-state index contributed by atoms with van der Waals surface area (Å²) in [5, 5.41) is 2.77. The minimum atomic E-state index is -4.57. The van der Waals surface area contributed by atoms with Crippen molar-refractivity contribution in [1.29, 1.82) is 0 Å². The Morgan fingerprint density at radius 2 is 1.71 bits per heavy atom. The minimum absolute atomic E-state index is 0.00608. The normalized spacial score (nSPS) is 11.8. The Kier molecular flexibility index (Phi) is 8.90. The summed E-state index contributed by atoms with van der Waals surface area (Å²) in [6.45, 7) is 0.534. The first-order valence-corrected chi connectivity index (χ1v) is 11.5. The van der Waals surface area contributed by atoms with E-state index in [0.717, 1.165) is 16.7 Å². The Balaban J connectivity index is 2.02.